The quantitative estimate of drug-likeness (QED) is 0.857. The van der Waals surface area contributed by atoms with Crippen LogP contribution in [0.4, 0.5) is 5.69 Å². The normalized spacial score (nSPS) is 23.9. The van der Waals surface area contributed by atoms with Crippen molar-refractivity contribution in [3.8, 4) is 0 Å². The lowest BCUT2D eigenvalue weighted by atomic mass is 9.93. The minimum absolute atomic E-state index is 0.0722. The lowest BCUT2D eigenvalue weighted by Gasteiger charge is -2.23. The molecule has 0 bridgehead atoms. The average molecular weight is 261 g/mol. The number of rotatable bonds is 2. The molecule has 0 spiro atoms. The number of anilines is 1. The molecular formula is C15H19NO3. The van der Waals surface area contributed by atoms with Crippen LogP contribution in [0, 0.1) is 6.92 Å². The Bertz CT molecular complexity index is 506. The highest BCUT2D eigenvalue weighted by Crippen LogP contribution is 2.33. The Kier molecular flexibility index (Phi) is 3.29. The Morgan fingerprint density at radius 1 is 1.42 bits per heavy atom. The second-order valence-corrected chi connectivity index (χ2v) is 5.42. The number of carbonyl (C=O) groups is 1. The number of hydrogen-bond acceptors (Lipinski definition) is 3. The highest BCUT2D eigenvalue weighted by atomic mass is 16.5. The zero-order valence-corrected chi connectivity index (χ0v) is 11.1. The third kappa shape index (κ3) is 2.38. The summed E-state index contributed by atoms with van der Waals surface area (Å²) < 4.78 is 5.55. The summed E-state index contributed by atoms with van der Waals surface area (Å²) in [4.78, 5) is 11.4. The molecule has 2 aliphatic rings. The van der Waals surface area contributed by atoms with Gasteiger partial charge in [0.15, 0.2) is 0 Å². The van der Waals surface area contributed by atoms with E-state index in [9.17, 15) is 9.90 Å². The van der Waals surface area contributed by atoms with Gasteiger partial charge in [0.1, 0.15) is 6.10 Å². The van der Waals surface area contributed by atoms with Gasteiger partial charge in [-0.05, 0) is 42.9 Å². The van der Waals surface area contributed by atoms with Gasteiger partial charge in [-0.1, -0.05) is 12.1 Å². The van der Waals surface area contributed by atoms with E-state index in [0.29, 0.717) is 6.42 Å². The number of amides is 1. The van der Waals surface area contributed by atoms with Gasteiger partial charge in [0.05, 0.1) is 6.10 Å². The van der Waals surface area contributed by atoms with Crippen molar-refractivity contribution >= 4 is 11.6 Å². The van der Waals surface area contributed by atoms with Crippen molar-refractivity contribution in [3.63, 3.8) is 0 Å². The van der Waals surface area contributed by atoms with E-state index >= 15 is 0 Å². The molecule has 4 nitrogen and oxygen atoms in total. The second kappa shape index (κ2) is 4.94. The smallest absolute Gasteiger partial charge is 0.224 e. The van der Waals surface area contributed by atoms with Crippen molar-refractivity contribution in [3.05, 3.63) is 28.8 Å². The minimum atomic E-state index is -0.566. The molecule has 2 atom stereocenters. The first-order chi connectivity index (χ1) is 9.15. The van der Waals surface area contributed by atoms with Crippen molar-refractivity contribution < 1.29 is 14.6 Å². The van der Waals surface area contributed by atoms with Crippen LogP contribution in [-0.2, 0) is 16.0 Å². The van der Waals surface area contributed by atoms with Gasteiger partial charge in [-0.2, -0.15) is 0 Å². The minimum Gasteiger partial charge on any atom is -0.386 e. The van der Waals surface area contributed by atoms with Gasteiger partial charge in [-0.25, -0.2) is 0 Å². The van der Waals surface area contributed by atoms with Gasteiger partial charge in [-0.3, -0.25) is 4.79 Å². The van der Waals surface area contributed by atoms with E-state index in [4.69, 9.17) is 4.74 Å². The number of nitrogens with one attached hydrogen (secondary N) is 1. The van der Waals surface area contributed by atoms with Gasteiger partial charge in [0, 0.05) is 18.7 Å². The van der Waals surface area contributed by atoms with E-state index < -0.39 is 6.10 Å². The highest BCUT2D eigenvalue weighted by Gasteiger charge is 2.27. The number of benzene rings is 1. The molecule has 0 saturated carbocycles. The third-order valence-electron chi connectivity index (χ3n) is 3.98. The average Bonchev–Trinajstić information content (AvgIpc) is 2.92. The Morgan fingerprint density at radius 2 is 2.26 bits per heavy atom. The lowest BCUT2D eigenvalue weighted by molar-refractivity contribution is -0.116. The number of fused-ring (bicyclic) bond motifs is 1. The molecule has 0 aliphatic carbocycles. The van der Waals surface area contributed by atoms with Crippen LogP contribution in [0.3, 0.4) is 0 Å². The lowest BCUT2D eigenvalue weighted by Crippen LogP contribution is -2.22. The molecule has 1 aromatic carbocycles. The van der Waals surface area contributed by atoms with Crippen LogP contribution in [0.15, 0.2) is 12.1 Å². The molecule has 2 N–H and O–H groups in total. The van der Waals surface area contributed by atoms with Gasteiger partial charge >= 0.3 is 0 Å². The summed E-state index contributed by atoms with van der Waals surface area (Å²) in [6, 6.07) is 3.96. The van der Waals surface area contributed by atoms with Crippen LogP contribution in [0.5, 0.6) is 0 Å². The van der Waals surface area contributed by atoms with Gasteiger partial charge in [0.25, 0.3) is 0 Å². The van der Waals surface area contributed by atoms with Crippen molar-refractivity contribution in [2.24, 2.45) is 0 Å². The Morgan fingerprint density at radius 3 is 3.00 bits per heavy atom. The predicted molar refractivity (Wildman–Crippen MR) is 72.1 cm³/mol. The molecule has 102 valence electrons. The Labute approximate surface area is 112 Å². The molecule has 4 heteroatoms. The van der Waals surface area contributed by atoms with Crippen molar-refractivity contribution in [1.29, 1.82) is 0 Å². The maximum absolute atomic E-state index is 11.4. The van der Waals surface area contributed by atoms with E-state index in [1.54, 1.807) is 0 Å². The standard InChI is InChI=1S/C15H19NO3/c1-9-7-11(15(18)12-3-2-6-19-12)8-10-4-5-13(17)16-14(9)10/h7-8,12,15,18H,2-6H2,1H3,(H,16,17). The van der Waals surface area contributed by atoms with Crippen LogP contribution in [0.1, 0.15) is 42.1 Å². The fourth-order valence-corrected chi connectivity index (χ4v) is 2.95. The SMILES string of the molecule is Cc1cc(C(O)C2CCCO2)cc2c1NC(=O)CC2. The molecular weight excluding hydrogens is 242 g/mol. The van der Waals surface area contributed by atoms with Crippen LogP contribution in [-0.4, -0.2) is 23.7 Å². The number of aryl methyl sites for hydroxylation is 2. The molecule has 19 heavy (non-hydrogen) atoms. The first kappa shape index (κ1) is 12.6. The number of carbonyl (C=O) groups excluding carboxylic acids is 1. The van der Waals surface area contributed by atoms with Crippen molar-refractivity contribution in [1.82, 2.24) is 0 Å². The molecule has 1 amide bonds. The fourth-order valence-electron chi connectivity index (χ4n) is 2.95. The van der Waals surface area contributed by atoms with E-state index in [1.165, 1.54) is 0 Å². The molecule has 3 rings (SSSR count). The molecule has 2 unspecified atom stereocenters. The zero-order valence-electron chi connectivity index (χ0n) is 11.1. The van der Waals surface area contributed by atoms with Crippen LogP contribution >= 0.6 is 0 Å². The highest BCUT2D eigenvalue weighted by molar-refractivity contribution is 5.94. The molecule has 0 aromatic heterocycles. The number of hydrogen-bond donors (Lipinski definition) is 2. The summed E-state index contributed by atoms with van der Waals surface area (Å²) in [7, 11) is 0. The molecule has 1 aromatic rings. The largest absolute Gasteiger partial charge is 0.386 e. The molecule has 1 saturated heterocycles. The van der Waals surface area contributed by atoms with Crippen LogP contribution in [0.2, 0.25) is 0 Å². The summed E-state index contributed by atoms with van der Waals surface area (Å²) in [6.45, 7) is 2.71. The Balaban J connectivity index is 1.91. The zero-order chi connectivity index (χ0) is 13.4. The van der Waals surface area contributed by atoms with Gasteiger partial charge < -0.3 is 15.2 Å². The summed E-state index contributed by atoms with van der Waals surface area (Å²) in [5.74, 6) is 0.0722. The van der Waals surface area contributed by atoms with Crippen LogP contribution in [0.25, 0.3) is 0 Å². The summed E-state index contributed by atoms with van der Waals surface area (Å²) in [5.41, 5.74) is 3.95. The van der Waals surface area contributed by atoms with E-state index in [1.807, 2.05) is 19.1 Å². The maximum atomic E-state index is 11.4. The van der Waals surface area contributed by atoms with E-state index in [2.05, 4.69) is 5.32 Å². The Hall–Kier alpha value is -1.39. The third-order valence-corrected chi connectivity index (χ3v) is 3.98. The summed E-state index contributed by atoms with van der Waals surface area (Å²) in [5, 5.41) is 13.3. The van der Waals surface area contributed by atoms with E-state index in [-0.39, 0.29) is 12.0 Å². The van der Waals surface area contributed by atoms with Gasteiger partial charge in [0.2, 0.25) is 5.91 Å². The first-order valence-electron chi connectivity index (χ1n) is 6.88. The maximum Gasteiger partial charge on any atom is 0.224 e. The summed E-state index contributed by atoms with van der Waals surface area (Å²) >= 11 is 0. The first-order valence-corrected chi connectivity index (χ1v) is 6.88. The number of aliphatic hydroxyl groups is 1. The summed E-state index contributed by atoms with van der Waals surface area (Å²) in [6.07, 6.45) is 2.54. The fraction of sp³-hybridized carbons (Fsp3) is 0.533. The van der Waals surface area contributed by atoms with Gasteiger partial charge in [-0.15, -0.1) is 0 Å². The topological polar surface area (TPSA) is 58.6 Å². The van der Waals surface area contributed by atoms with Crippen molar-refractivity contribution in [2.45, 2.75) is 44.8 Å². The number of ether oxygens (including phenoxy) is 1. The molecule has 0 radical (unpaired) electrons. The van der Waals surface area contributed by atoms with Crippen molar-refractivity contribution in [2.75, 3.05) is 11.9 Å². The monoisotopic (exact) mass is 261 g/mol. The van der Waals surface area contributed by atoms with Crippen LogP contribution < -0.4 is 5.32 Å². The van der Waals surface area contributed by atoms with E-state index in [0.717, 1.165) is 48.2 Å². The predicted octanol–water partition coefficient (Wildman–Crippen LogP) is 2.09. The number of aliphatic hydroxyl groups excluding tert-OH is 1. The molecule has 2 aliphatic heterocycles. The second-order valence-electron chi connectivity index (χ2n) is 5.42. The molecule has 1 fully saturated rings. The molecule has 2 heterocycles.